The second-order valence-corrected chi connectivity index (χ2v) is 6.37. The van der Waals surface area contributed by atoms with Gasteiger partial charge in [0.05, 0.1) is 5.75 Å². The second-order valence-electron chi connectivity index (χ2n) is 3.40. The van der Waals surface area contributed by atoms with Crippen LogP contribution in [0.25, 0.3) is 0 Å². The number of benzene rings is 1. The van der Waals surface area contributed by atoms with Crippen LogP contribution in [-0.4, -0.2) is 27.0 Å². The third kappa shape index (κ3) is 4.55. The third-order valence-corrected chi connectivity index (χ3v) is 4.42. The van der Waals surface area contributed by atoms with Gasteiger partial charge < -0.3 is 0 Å². The Morgan fingerprint density at radius 2 is 1.88 bits per heavy atom. The van der Waals surface area contributed by atoms with Gasteiger partial charge in [-0.15, -0.1) is 11.8 Å². The smallest absolute Gasteiger partial charge is 0.211 e. The Bertz CT molecular complexity index is 412. The van der Waals surface area contributed by atoms with E-state index in [1.165, 1.54) is 4.90 Å². The number of thioether (sulfide) groups is 1. The summed E-state index contributed by atoms with van der Waals surface area (Å²) < 4.78 is 24.9. The van der Waals surface area contributed by atoms with Crippen LogP contribution < -0.4 is 4.72 Å². The number of hydrogen-bond donors (Lipinski definition) is 1. The van der Waals surface area contributed by atoms with Gasteiger partial charge in [-0.2, -0.15) is 0 Å². The fourth-order valence-corrected chi connectivity index (χ4v) is 2.27. The number of nitrogens with one attached hydrogen (secondary N) is 1. The molecule has 16 heavy (non-hydrogen) atoms. The van der Waals surface area contributed by atoms with E-state index < -0.39 is 10.0 Å². The van der Waals surface area contributed by atoms with Crippen LogP contribution in [-0.2, 0) is 16.4 Å². The highest BCUT2D eigenvalue weighted by molar-refractivity contribution is 7.98. The van der Waals surface area contributed by atoms with Crippen LogP contribution in [0.15, 0.2) is 29.2 Å². The second kappa shape index (κ2) is 6.27. The molecule has 1 N–H and O–H groups in total. The Labute approximate surface area is 102 Å². The van der Waals surface area contributed by atoms with Crippen LogP contribution in [0.3, 0.4) is 0 Å². The summed E-state index contributed by atoms with van der Waals surface area (Å²) in [7, 11) is -3.06. The molecule has 0 aliphatic carbocycles. The summed E-state index contributed by atoms with van der Waals surface area (Å²) >= 11 is 1.70. The summed E-state index contributed by atoms with van der Waals surface area (Å²) in [5.74, 6) is 0.137. The molecule has 1 aromatic rings. The van der Waals surface area contributed by atoms with Crippen molar-refractivity contribution >= 4 is 21.8 Å². The average Bonchev–Trinajstić information content (AvgIpc) is 2.30. The average molecular weight is 259 g/mol. The molecule has 0 heterocycles. The quantitative estimate of drug-likeness (QED) is 0.794. The summed E-state index contributed by atoms with van der Waals surface area (Å²) in [6.07, 6.45) is 2.76. The van der Waals surface area contributed by atoms with Crippen LogP contribution in [0.4, 0.5) is 0 Å². The molecule has 5 heteroatoms. The lowest BCUT2D eigenvalue weighted by Gasteiger charge is -2.05. The molecule has 0 aliphatic rings. The fraction of sp³-hybridized carbons (Fsp3) is 0.455. The van der Waals surface area contributed by atoms with Crippen molar-refractivity contribution in [3.63, 3.8) is 0 Å². The first-order chi connectivity index (χ1) is 7.57. The highest BCUT2D eigenvalue weighted by Gasteiger charge is 2.04. The zero-order valence-corrected chi connectivity index (χ0v) is 11.2. The predicted octanol–water partition coefficient (Wildman–Crippen LogP) is 1.89. The summed E-state index contributed by atoms with van der Waals surface area (Å²) in [5.41, 5.74) is 1.15. The topological polar surface area (TPSA) is 46.2 Å². The van der Waals surface area contributed by atoms with Gasteiger partial charge in [-0.3, -0.25) is 0 Å². The maximum Gasteiger partial charge on any atom is 0.211 e. The molecule has 0 saturated carbocycles. The van der Waals surface area contributed by atoms with E-state index >= 15 is 0 Å². The van der Waals surface area contributed by atoms with E-state index in [1.54, 1.807) is 18.7 Å². The van der Waals surface area contributed by atoms with Gasteiger partial charge in [0.2, 0.25) is 10.0 Å². The molecular formula is C11H17NO2S2. The highest BCUT2D eigenvalue weighted by atomic mass is 32.2. The molecular weight excluding hydrogens is 242 g/mol. The lowest BCUT2D eigenvalue weighted by molar-refractivity contribution is 0.583. The zero-order valence-electron chi connectivity index (χ0n) is 9.56. The fourth-order valence-electron chi connectivity index (χ4n) is 1.25. The SMILES string of the molecule is CCS(=O)(=O)NCCc1ccc(SC)cc1. The number of rotatable bonds is 6. The van der Waals surface area contributed by atoms with Crippen LogP contribution in [0.2, 0.25) is 0 Å². The number of sulfonamides is 1. The largest absolute Gasteiger partial charge is 0.215 e. The van der Waals surface area contributed by atoms with E-state index in [9.17, 15) is 8.42 Å². The minimum Gasteiger partial charge on any atom is -0.215 e. The Hall–Kier alpha value is -0.520. The van der Waals surface area contributed by atoms with E-state index in [0.717, 1.165) is 12.0 Å². The van der Waals surface area contributed by atoms with E-state index in [2.05, 4.69) is 4.72 Å². The molecule has 0 fully saturated rings. The molecule has 0 spiro atoms. The molecule has 0 unspecified atom stereocenters. The normalized spacial score (nSPS) is 11.6. The van der Waals surface area contributed by atoms with Crippen molar-refractivity contribution < 1.29 is 8.42 Å². The summed E-state index contributed by atoms with van der Waals surface area (Å²) in [4.78, 5) is 1.22. The van der Waals surface area contributed by atoms with E-state index in [-0.39, 0.29) is 5.75 Å². The molecule has 1 rings (SSSR count). The van der Waals surface area contributed by atoms with Gasteiger partial charge in [0, 0.05) is 11.4 Å². The summed E-state index contributed by atoms with van der Waals surface area (Å²) in [6.45, 7) is 2.10. The Morgan fingerprint density at radius 3 is 2.38 bits per heavy atom. The molecule has 3 nitrogen and oxygen atoms in total. The van der Waals surface area contributed by atoms with Gasteiger partial charge in [0.15, 0.2) is 0 Å². The highest BCUT2D eigenvalue weighted by Crippen LogP contribution is 2.14. The molecule has 0 aliphatic heterocycles. The van der Waals surface area contributed by atoms with E-state index in [4.69, 9.17) is 0 Å². The van der Waals surface area contributed by atoms with Gasteiger partial charge in [0.25, 0.3) is 0 Å². The van der Waals surface area contributed by atoms with Gasteiger partial charge >= 0.3 is 0 Å². The van der Waals surface area contributed by atoms with Crippen LogP contribution in [0, 0.1) is 0 Å². The van der Waals surface area contributed by atoms with Crippen molar-refractivity contribution in [2.75, 3.05) is 18.6 Å². The molecule has 1 aromatic carbocycles. The predicted molar refractivity (Wildman–Crippen MR) is 69.4 cm³/mol. The maximum atomic E-state index is 11.2. The number of hydrogen-bond acceptors (Lipinski definition) is 3. The summed E-state index contributed by atoms with van der Waals surface area (Å²) in [5, 5.41) is 0. The molecule has 0 bridgehead atoms. The Morgan fingerprint density at radius 1 is 1.25 bits per heavy atom. The van der Waals surface area contributed by atoms with Gasteiger partial charge in [-0.1, -0.05) is 12.1 Å². The van der Waals surface area contributed by atoms with Crippen LogP contribution >= 0.6 is 11.8 Å². The lowest BCUT2D eigenvalue weighted by atomic mass is 10.2. The first-order valence-electron chi connectivity index (χ1n) is 5.17. The van der Waals surface area contributed by atoms with Crippen LogP contribution in [0.1, 0.15) is 12.5 Å². The van der Waals surface area contributed by atoms with Crippen LogP contribution in [0.5, 0.6) is 0 Å². The third-order valence-electron chi connectivity index (χ3n) is 2.27. The van der Waals surface area contributed by atoms with Gasteiger partial charge in [0.1, 0.15) is 0 Å². The van der Waals surface area contributed by atoms with Crippen molar-refractivity contribution in [1.29, 1.82) is 0 Å². The van der Waals surface area contributed by atoms with E-state index in [0.29, 0.717) is 6.54 Å². The minimum atomic E-state index is -3.06. The van der Waals surface area contributed by atoms with Gasteiger partial charge in [-0.05, 0) is 37.3 Å². The molecule has 0 amide bonds. The van der Waals surface area contributed by atoms with Crippen molar-refractivity contribution in [3.05, 3.63) is 29.8 Å². The summed E-state index contributed by atoms with van der Waals surface area (Å²) in [6, 6.07) is 8.17. The molecule has 0 saturated heterocycles. The molecule has 0 radical (unpaired) electrons. The van der Waals surface area contributed by atoms with E-state index in [1.807, 2.05) is 30.5 Å². The Balaban J connectivity index is 2.43. The first kappa shape index (κ1) is 13.5. The first-order valence-corrected chi connectivity index (χ1v) is 8.05. The Kier molecular flexibility index (Phi) is 5.31. The molecule has 0 aromatic heterocycles. The van der Waals surface area contributed by atoms with Gasteiger partial charge in [-0.25, -0.2) is 13.1 Å². The lowest BCUT2D eigenvalue weighted by Crippen LogP contribution is -2.27. The molecule has 0 atom stereocenters. The minimum absolute atomic E-state index is 0.137. The van der Waals surface area contributed by atoms with Crippen molar-refractivity contribution in [2.24, 2.45) is 0 Å². The van der Waals surface area contributed by atoms with Crippen molar-refractivity contribution in [1.82, 2.24) is 4.72 Å². The van der Waals surface area contributed by atoms with Crippen molar-refractivity contribution in [2.45, 2.75) is 18.2 Å². The maximum absolute atomic E-state index is 11.2. The monoisotopic (exact) mass is 259 g/mol. The molecule has 90 valence electrons. The van der Waals surface area contributed by atoms with Crippen molar-refractivity contribution in [3.8, 4) is 0 Å². The standard InChI is InChI=1S/C11H17NO2S2/c1-3-16(13,14)12-9-8-10-4-6-11(15-2)7-5-10/h4-7,12H,3,8-9H2,1-2H3. The zero-order chi connectivity index (χ0) is 12.0.